The van der Waals surface area contributed by atoms with E-state index in [1.54, 1.807) is 19.1 Å². The molecule has 2 aromatic heterocycles. The fourth-order valence-electron chi connectivity index (χ4n) is 9.99. The van der Waals surface area contributed by atoms with E-state index in [4.69, 9.17) is 9.26 Å². The zero-order valence-electron chi connectivity index (χ0n) is 44.6. The van der Waals surface area contributed by atoms with E-state index in [0.717, 1.165) is 28.3 Å². The number of imidazole rings is 1. The van der Waals surface area contributed by atoms with Crippen LogP contribution in [0.3, 0.4) is 0 Å². The van der Waals surface area contributed by atoms with Crippen molar-refractivity contribution in [2.45, 2.75) is 138 Å². The molecule has 7 atom stereocenters. The summed E-state index contributed by atoms with van der Waals surface area (Å²) >= 11 is 0. The second kappa shape index (κ2) is 24.8. The lowest BCUT2D eigenvalue weighted by atomic mass is 9.81. The summed E-state index contributed by atoms with van der Waals surface area (Å²) in [6, 6.07) is 9.04. The van der Waals surface area contributed by atoms with Gasteiger partial charge in [-0.25, -0.2) is 28.6 Å². The van der Waals surface area contributed by atoms with Crippen LogP contribution in [0.4, 0.5) is 11.4 Å². The van der Waals surface area contributed by atoms with Crippen molar-refractivity contribution in [3.8, 4) is 0 Å². The number of phosphoric acid groups is 3. The number of anilines is 1. The number of rotatable bonds is 27. The van der Waals surface area contributed by atoms with E-state index in [0.29, 0.717) is 74.9 Å². The average Bonchev–Trinajstić information content (AvgIpc) is 4.24. The Morgan fingerprint density at radius 1 is 0.812 bits per heavy atom. The number of hydrogen-bond acceptors (Lipinski definition) is 19. The van der Waals surface area contributed by atoms with Crippen molar-refractivity contribution < 1.29 is 96.3 Å². The zero-order chi connectivity index (χ0) is 58.8. The number of fused-ring (bicyclic) bond motifs is 3. The third kappa shape index (κ3) is 14.6. The number of aliphatic hydroxyl groups is 2. The van der Waals surface area contributed by atoms with Gasteiger partial charge in [-0.1, -0.05) is 32.8 Å². The molecule has 0 aliphatic carbocycles. The number of aryl methyl sites for hydroxylation is 1. The minimum Gasteiger partial charge on any atom is -0.387 e. The summed E-state index contributed by atoms with van der Waals surface area (Å²) in [6.45, 7) is 11.6. The van der Waals surface area contributed by atoms with Crippen LogP contribution in [0.5, 0.6) is 0 Å². The summed E-state index contributed by atoms with van der Waals surface area (Å²) in [5, 5.41) is 24.0. The van der Waals surface area contributed by atoms with Crippen LogP contribution in [0.25, 0.3) is 11.2 Å². The first-order valence-electron chi connectivity index (χ1n) is 25.5. The van der Waals surface area contributed by atoms with Crippen molar-refractivity contribution in [3.63, 3.8) is 0 Å². The van der Waals surface area contributed by atoms with E-state index in [1.165, 1.54) is 41.5 Å². The Balaban J connectivity index is 0.822. The highest BCUT2D eigenvalue weighted by Gasteiger charge is 2.48. The molecule has 1 fully saturated rings. The lowest BCUT2D eigenvalue weighted by molar-refractivity contribution is -0.438. The Labute approximate surface area is 462 Å². The smallest absolute Gasteiger partial charge is 0.387 e. The molecule has 0 saturated carbocycles. The average molecular weight is 1220 g/mol. The number of allylic oxidation sites excluding steroid dienone is 4. The molecule has 1 saturated heterocycles. The largest absolute Gasteiger partial charge is 0.490 e. The van der Waals surface area contributed by atoms with Crippen LogP contribution in [0, 0.1) is 6.92 Å². The van der Waals surface area contributed by atoms with Crippen molar-refractivity contribution in [2.24, 2.45) is 0 Å². The number of likely N-dealkylation sites (N-methyl/N-ethyl adjacent to an activating group) is 1. The van der Waals surface area contributed by atoms with Crippen LogP contribution in [0.15, 0.2) is 82.8 Å². The van der Waals surface area contributed by atoms with Crippen molar-refractivity contribution in [1.29, 1.82) is 0 Å². The standard InChI is InChI=1S/C48H66N7O20P3S2/c1-7-53-36-21-19-32(79(65,66)67)26-34(36)47(3,4)39(53)16-15-17-40-48(5,6)35-27-33(80(68,69)70)20-22-37(35)54(40)24-13-10-11-18-41(56)49-23-12-8-9-14-25-71-76(59,60)74-78(63,64)75-77(61,62)72-28-38-43(57)44(58)46(73-38)55-30-52-42-31(2)50-29-51-45(42)55/h15-17,19-22,26-27,29-30,38,43-44,46,57-58H,7-14,18,23-25,28H2,1-6H3,(H5-,49,56,59,60,61,62,63,64,65,66,67,68,69,70)/p+1/t38-,43-,44-,46-/m1/s1. The SMILES string of the molecule is CCN1/C(=C/C=C/C2=[N+](CCCCCC(=O)NCCCCCCOP(=O)(O)OP(=O)(O)OP(=O)(O)OC[C@H]3O[C@@H](n4cnc5c(C)ncnc54)[C@H](O)[C@@H]3O)c3ccc(S(=O)(=O)O)cc3C2(C)C)C(C)(C)c2cc(S(=O)(=O)O)ccc21. The van der Waals surface area contributed by atoms with Crippen LogP contribution in [0.1, 0.15) is 109 Å². The second-order valence-electron chi connectivity index (χ2n) is 20.4. The van der Waals surface area contributed by atoms with Gasteiger partial charge in [-0.2, -0.15) is 30.0 Å². The number of ether oxygens (including phenoxy) is 1. The van der Waals surface area contributed by atoms with Crippen LogP contribution < -0.4 is 10.2 Å². The number of nitrogens with one attached hydrogen (secondary N) is 1. The summed E-state index contributed by atoms with van der Waals surface area (Å²) in [5.74, 6) is -0.164. The Hall–Kier alpha value is -4.48. The molecule has 2 aromatic carbocycles. The molecule has 27 nitrogen and oxygen atoms in total. The van der Waals surface area contributed by atoms with Gasteiger partial charge in [0, 0.05) is 60.4 Å². The first-order chi connectivity index (χ1) is 37.3. The minimum absolute atomic E-state index is 0.164. The molecule has 0 bridgehead atoms. The van der Waals surface area contributed by atoms with Gasteiger partial charge in [0.05, 0.1) is 40.4 Å². The quantitative estimate of drug-likeness (QED) is 0.0143. The van der Waals surface area contributed by atoms with Crippen molar-refractivity contribution in [3.05, 3.63) is 89.8 Å². The number of amides is 1. The molecule has 1 amide bonds. The van der Waals surface area contributed by atoms with Gasteiger partial charge in [0.15, 0.2) is 17.6 Å². The number of phosphoric ester groups is 2. The maximum absolute atomic E-state index is 12.7. The lowest BCUT2D eigenvalue weighted by Crippen LogP contribution is -2.33. The fourth-order valence-corrected chi connectivity index (χ4v) is 14.6. The second-order valence-corrected chi connectivity index (χ2v) is 27.8. The lowest BCUT2D eigenvalue weighted by Gasteiger charge is -2.25. The summed E-state index contributed by atoms with van der Waals surface area (Å²) < 4.78 is 132. The van der Waals surface area contributed by atoms with Gasteiger partial charge in [-0.3, -0.25) is 27.5 Å². The van der Waals surface area contributed by atoms with E-state index >= 15 is 0 Å². The number of carbonyl (C=O) groups is 1. The van der Waals surface area contributed by atoms with Crippen LogP contribution in [0.2, 0.25) is 0 Å². The Kier molecular flexibility index (Phi) is 19.5. The molecule has 80 heavy (non-hydrogen) atoms. The highest BCUT2D eigenvalue weighted by Crippen LogP contribution is 2.68. The maximum Gasteiger partial charge on any atom is 0.490 e. The van der Waals surface area contributed by atoms with Crippen LogP contribution in [-0.2, 0) is 72.0 Å². The zero-order valence-corrected chi connectivity index (χ0v) is 48.9. The summed E-state index contributed by atoms with van der Waals surface area (Å²) in [5.41, 5.74) is 4.58. The topological polar surface area (TPSA) is 386 Å². The van der Waals surface area contributed by atoms with Crippen molar-refractivity contribution in [2.75, 3.05) is 37.7 Å². The molecule has 4 aromatic rings. The number of unbranched alkanes of at least 4 members (excludes halogenated alkanes) is 5. The highest BCUT2D eigenvalue weighted by atomic mass is 32.2. The molecule has 440 valence electrons. The molecule has 5 heterocycles. The molecule has 8 N–H and O–H groups in total. The molecule has 3 unspecified atom stereocenters. The van der Waals surface area contributed by atoms with Gasteiger partial charge in [0.25, 0.3) is 20.2 Å². The third-order valence-corrected chi connectivity index (χ3v) is 20.0. The van der Waals surface area contributed by atoms with Gasteiger partial charge in [0.1, 0.15) is 36.7 Å². The van der Waals surface area contributed by atoms with Crippen molar-refractivity contribution in [1.82, 2.24) is 24.8 Å². The molecule has 3 aliphatic heterocycles. The third-order valence-electron chi connectivity index (χ3n) is 14.0. The molecule has 0 spiro atoms. The van der Waals surface area contributed by atoms with Gasteiger partial charge in [-0.15, -0.1) is 0 Å². The van der Waals surface area contributed by atoms with Crippen LogP contribution >= 0.6 is 23.5 Å². The van der Waals surface area contributed by atoms with Crippen molar-refractivity contribution >= 4 is 77.9 Å². The summed E-state index contributed by atoms with van der Waals surface area (Å²) in [4.78, 5) is 56.8. The minimum atomic E-state index is -5.80. The normalized spacial score (nSPS) is 22.7. The van der Waals surface area contributed by atoms with E-state index in [2.05, 4.69) is 42.9 Å². The first kappa shape index (κ1) is 63.1. The first-order valence-corrected chi connectivity index (χ1v) is 32.8. The van der Waals surface area contributed by atoms with Crippen LogP contribution in [-0.4, -0.2) is 138 Å². The van der Waals surface area contributed by atoms with E-state index in [9.17, 15) is 69.3 Å². The highest BCUT2D eigenvalue weighted by molar-refractivity contribution is 7.86. The van der Waals surface area contributed by atoms with Gasteiger partial charge in [-0.05, 0) is 95.3 Å². The molecule has 0 radical (unpaired) electrons. The Bertz CT molecular complexity index is 3460. The summed E-state index contributed by atoms with van der Waals surface area (Å²) in [7, 11) is -25.6. The molecular formula is C48H67N7O20P3S2+. The van der Waals surface area contributed by atoms with E-state index < -0.39 is 92.3 Å². The number of aromatic nitrogens is 4. The maximum atomic E-state index is 12.7. The molecule has 3 aliphatic rings. The number of benzene rings is 2. The monoisotopic (exact) mass is 1220 g/mol. The van der Waals surface area contributed by atoms with E-state index in [1.807, 2.05) is 52.8 Å². The molecule has 7 rings (SSSR count). The predicted octanol–water partition coefficient (Wildman–Crippen LogP) is 6.19. The van der Waals surface area contributed by atoms with E-state index in [-0.39, 0.29) is 34.2 Å². The van der Waals surface area contributed by atoms with Gasteiger partial charge in [0.2, 0.25) is 11.6 Å². The predicted molar refractivity (Wildman–Crippen MR) is 288 cm³/mol. The Morgan fingerprint density at radius 3 is 2.12 bits per heavy atom. The molecular weight excluding hydrogens is 1150 g/mol. The van der Waals surface area contributed by atoms with Gasteiger partial charge >= 0.3 is 23.5 Å². The Morgan fingerprint density at radius 2 is 1.45 bits per heavy atom. The fraction of sp³-hybridized carbons (Fsp3) is 0.521. The number of nitrogens with zero attached hydrogens (tertiary/aromatic N) is 6. The van der Waals surface area contributed by atoms with Gasteiger partial charge < -0.3 is 39.8 Å². The summed E-state index contributed by atoms with van der Waals surface area (Å²) in [6.07, 6.45) is 6.17. The number of carbonyl (C=O) groups excluding carboxylic acids is 1. The number of aliphatic hydroxyl groups excluding tert-OH is 2. The number of hydrogen-bond donors (Lipinski definition) is 8. The molecule has 32 heteroatoms.